The van der Waals surface area contributed by atoms with E-state index >= 15 is 0 Å². The largest absolute Gasteiger partial charge is 0.490 e. The Morgan fingerprint density at radius 2 is 1.92 bits per heavy atom. The molecule has 0 heterocycles. The topological polar surface area (TPSA) is 26.3 Å². The van der Waals surface area contributed by atoms with E-state index in [1.807, 2.05) is 36.4 Å². The highest BCUT2D eigenvalue weighted by molar-refractivity contribution is 5.51. The Morgan fingerprint density at radius 1 is 1.15 bits per heavy atom. The predicted molar refractivity (Wildman–Crippen MR) is 51.8 cm³/mol. The van der Waals surface area contributed by atoms with Gasteiger partial charge in [-0.1, -0.05) is 30.4 Å². The zero-order valence-electron chi connectivity index (χ0n) is 7.35. The predicted octanol–water partition coefficient (Wildman–Crippen LogP) is 2.21. The molecule has 68 valence electrons. The van der Waals surface area contributed by atoms with Gasteiger partial charge in [-0.3, -0.25) is 0 Å². The summed E-state index contributed by atoms with van der Waals surface area (Å²) in [7, 11) is 0. The van der Waals surface area contributed by atoms with Crippen molar-refractivity contribution in [2.75, 3.05) is 6.61 Å². The third kappa shape index (κ3) is 4.11. The van der Waals surface area contributed by atoms with Crippen LogP contribution < -0.4 is 4.74 Å². The van der Waals surface area contributed by atoms with Gasteiger partial charge in [0.05, 0.1) is 0 Å². The lowest BCUT2D eigenvalue weighted by Gasteiger charge is -2.00. The molecule has 0 aliphatic carbocycles. The molecule has 2 nitrogen and oxygen atoms in total. The van der Waals surface area contributed by atoms with Gasteiger partial charge in [-0.2, -0.15) is 0 Å². The molecule has 0 atom stereocenters. The first-order chi connectivity index (χ1) is 6.43. The summed E-state index contributed by atoms with van der Waals surface area (Å²) in [5, 5.41) is 0. The number of aldehydes is 1. The highest BCUT2D eigenvalue weighted by atomic mass is 16.5. The molecule has 0 fully saturated rings. The number of para-hydroxylation sites is 1. The molecule has 13 heavy (non-hydrogen) atoms. The fourth-order valence-corrected chi connectivity index (χ4v) is 0.881. The molecule has 0 N–H and O–H groups in total. The van der Waals surface area contributed by atoms with Crippen molar-refractivity contribution in [1.82, 2.24) is 0 Å². The minimum Gasteiger partial charge on any atom is -0.490 e. The summed E-state index contributed by atoms with van der Waals surface area (Å²) in [6.45, 7) is 0.512. The number of carbonyl (C=O) groups is 1. The van der Waals surface area contributed by atoms with Crippen LogP contribution in [0.4, 0.5) is 0 Å². The molecule has 0 aliphatic rings. The normalized spacial score (nSPS) is 10.2. The van der Waals surface area contributed by atoms with Gasteiger partial charge >= 0.3 is 0 Å². The second-order valence-corrected chi connectivity index (χ2v) is 2.50. The fourth-order valence-electron chi connectivity index (χ4n) is 0.881. The van der Waals surface area contributed by atoms with Crippen molar-refractivity contribution in [3.63, 3.8) is 0 Å². The van der Waals surface area contributed by atoms with E-state index < -0.39 is 0 Å². The maximum Gasteiger partial charge on any atom is 0.123 e. The zero-order valence-corrected chi connectivity index (χ0v) is 7.35. The average Bonchev–Trinajstić information content (AvgIpc) is 2.19. The second kappa shape index (κ2) is 6.00. The van der Waals surface area contributed by atoms with Crippen LogP contribution in [0.3, 0.4) is 0 Å². The number of benzene rings is 1. The van der Waals surface area contributed by atoms with Crippen molar-refractivity contribution in [1.29, 1.82) is 0 Å². The van der Waals surface area contributed by atoms with Gasteiger partial charge < -0.3 is 9.53 Å². The van der Waals surface area contributed by atoms with Crippen LogP contribution in [0.15, 0.2) is 42.5 Å². The number of rotatable bonds is 5. The highest BCUT2D eigenvalue weighted by Crippen LogP contribution is 2.07. The molecule has 0 aromatic heterocycles. The van der Waals surface area contributed by atoms with E-state index in [0.717, 1.165) is 12.0 Å². The van der Waals surface area contributed by atoms with Gasteiger partial charge in [0, 0.05) is 6.42 Å². The van der Waals surface area contributed by atoms with Gasteiger partial charge in [0.2, 0.25) is 0 Å². The van der Waals surface area contributed by atoms with E-state index in [4.69, 9.17) is 4.74 Å². The molecule has 1 aromatic carbocycles. The molecule has 0 aliphatic heterocycles. The standard InChI is InChI=1S/C11H12O2/c12-9-5-2-6-10-13-11-7-3-1-4-8-11/h1-4,6-9H,5,10H2. The Labute approximate surface area is 77.8 Å². The highest BCUT2D eigenvalue weighted by Gasteiger charge is 1.86. The molecule has 2 heteroatoms. The Hall–Kier alpha value is -1.57. The van der Waals surface area contributed by atoms with E-state index in [9.17, 15) is 4.79 Å². The lowest BCUT2D eigenvalue weighted by atomic mass is 10.3. The van der Waals surface area contributed by atoms with Gasteiger partial charge in [-0.15, -0.1) is 0 Å². The first kappa shape index (κ1) is 9.52. The summed E-state index contributed by atoms with van der Waals surface area (Å²) in [5.41, 5.74) is 0. The number of allylic oxidation sites excluding steroid dienone is 1. The Morgan fingerprint density at radius 3 is 2.62 bits per heavy atom. The Kier molecular flexibility index (Phi) is 4.39. The molecular formula is C11H12O2. The van der Waals surface area contributed by atoms with Crippen LogP contribution in [0.5, 0.6) is 5.75 Å². The van der Waals surface area contributed by atoms with E-state index in [2.05, 4.69) is 0 Å². The molecule has 0 spiro atoms. The van der Waals surface area contributed by atoms with E-state index in [-0.39, 0.29) is 0 Å². The van der Waals surface area contributed by atoms with E-state index in [1.54, 1.807) is 6.08 Å². The van der Waals surface area contributed by atoms with Crippen LogP contribution in [0.2, 0.25) is 0 Å². The van der Waals surface area contributed by atoms with Crippen molar-refractivity contribution in [2.24, 2.45) is 0 Å². The average molecular weight is 176 g/mol. The van der Waals surface area contributed by atoms with Crippen molar-refractivity contribution in [3.05, 3.63) is 42.5 Å². The van der Waals surface area contributed by atoms with Crippen molar-refractivity contribution in [2.45, 2.75) is 6.42 Å². The number of carbonyl (C=O) groups excluding carboxylic acids is 1. The minimum absolute atomic E-state index is 0.456. The number of hydrogen-bond acceptors (Lipinski definition) is 2. The minimum atomic E-state index is 0.456. The summed E-state index contributed by atoms with van der Waals surface area (Å²) in [5.74, 6) is 0.846. The summed E-state index contributed by atoms with van der Waals surface area (Å²) in [6.07, 6.45) is 4.94. The molecule has 0 radical (unpaired) electrons. The molecular weight excluding hydrogens is 164 g/mol. The molecule has 0 unspecified atom stereocenters. The maximum atomic E-state index is 9.95. The van der Waals surface area contributed by atoms with Crippen molar-refractivity contribution < 1.29 is 9.53 Å². The molecule has 0 saturated heterocycles. The quantitative estimate of drug-likeness (QED) is 0.508. The molecule has 0 amide bonds. The fraction of sp³-hybridized carbons (Fsp3) is 0.182. The van der Waals surface area contributed by atoms with E-state index in [0.29, 0.717) is 13.0 Å². The van der Waals surface area contributed by atoms with Crippen LogP contribution in [0.25, 0.3) is 0 Å². The van der Waals surface area contributed by atoms with Gasteiger partial charge in [-0.25, -0.2) is 0 Å². The SMILES string of the molecule is O=CCC=CCOc1ccccc1. The van der Waals surface area contributed by atoms with Crippen LogP contribution in [0, 0.1) is 0 Å². The molecule has 0 bridgehead atoms. The van der Waals surface area contributed by atoms with Crippen molar-refractivity contribution >= 4 is 6.29 Å². The smallest absolute Gasteiger partial charge is 0.123 e. The van der Waals surface area contributed by atoms with Gasteiger partial charge in [0.15, 0.2) is 0 Å². The monoisotopic (exact) mass is 176 g/mol. The van der Waals surface area contributed by atoms with E-state index in [1.165, 1.54) is 0 Å². The maximum absolute atomic E-state index is 9.95. The lowest BCUT2D eigenvalue weighted by Crippen LogP contribution is -1.92. The first-order valence-electron chi connectivity index (χ1n) is 4.20. The summed E-state index contributed by atoms with van der Waals surface area (Å²) in [6, 6.07) is 9.57. The first-order valence-corrected chi connectivity index (χ1v) is 4.20. The third-order valence-electron chi connectivity index (χ3n) is 1.49. The van der Waals surface area contributed by atoms with Crippen LogP contribution in [0.1, 0.15) is 6.42 Å². The van der Waals surface area contributed by atoms with Gasteiger partial charge in [-0.05, 0) is 12.1 Å². The number of hydrogen-bond donors (Lipinski definition) is 0. The third-order valence-corrected chi connectivity index (χ3v) is 1.49. The van der Waals surface area contributed by atoms with Crippen molar-refractivity contribution in [3.8, 4) is 5.75 Å². The lowest BCUT2D eigenvalue weighted by molar-refractivity contribution is -0.107. The molecule has 1 rings (SSSR count). The summed E-state index contributed by atoms with van der Waals surface area (Å²) >= 11 is 0. The number of ether oxygens (including phenoxy) is 1. The van der Waals surface area contributed by atoms with Crippen LogP contribution in [-0.2, 0) is 4.79 Å². The van der Waals surface area contributed by atoms with Crippen LogP contribution >= 0.6 is 0 Å². The Balaban J connectivity index is 2.24. The summed E-state index contributed by atoms with van der Waals surface area (Å²) in [4.78, 5) is 9.95. The molecule has 1 aromatic rings. The zero-order chi connectivity index (χ0) is 9.36. The molecule has 0 saturated carbocycles. The van der Waals surface area contributed by atoms with Gasteiger partial charge in [0.1, 0.15) is 18.6 Å². The van der Waals surface area contributed by atoms with Gasteiger partial charge in [0.25, 0.3) is 0 Å². The second-order valence-electron chi connectivity index (χ2n) is 2.50. The summed E-state index contributed by atoms with van der Waals surface area (Å²) < 4.78 is 5.35. The Bertz CT molecular complexity index is 265. The van der Waals surface area contributed by atoms with Crippen LogP contribution in [-0.4, -0.2) is 12.9 Å².